The predicted molar refractivity (Wildman–Crippen MR) is 87.4 cm³/mol. The highest BCUT2D eigenvalue weighted by Crippen LogP contribution is 2.07. The lowest BCUT2D eigenvalue weighted by Crippen LogP contribution is -2.07. The molecule has 0 aromatic rings. The first-order valence-corrected chi connectivity index (χ1v) is 8.45. The van der Waals surface area contributed by atoms with E-state index in [-0.39, 0.29) is 18.2 Å². The Morgan fingerprint density at radius 3 is 1.86 bits per heavy atom. The number of hydrogen-bond donors (Lipinski definition) is 2. The van der Waals surface area contributed by atoms with Gasteiger partial charge in [-0.1, -0.05) is 52.4 Å². The van der Waals surface area contributed by atoms with E-state index in [4.69, 9.17) is 14.9 Å². The van der Waals surface area contributed by atoms with Crippen molar-refractivity contribution in [3.63, 3.8) is 0 Å². The Labute approximate surface area is 135 Å². The summed E-state index contributed by atoms with van der Waals surface area (Å²) >= 11 is 0. The van der Waals surface area contributed by atoms with Crippen molar-refractivity contribution in [3.8, 4) is 0 Å². The van der Waals surface area contributed by atoms with Crippen molar-refractivity contribution in [2.75, 3.05) is 6.61 Å². The predicted octanol–water partition coefficient (Wildman–Crippen LogP) is 3.36. The molecule has 0 heterocycles. The third kappa shape index (κ3) is 24.1. The van der Waals surface area contributed by atoms with Gasteiger partial charge in [0.1, 0.15) is 5.78 Å². The van der Waals surface area contributed by atoms with E-state index in [0.29, 0.717) is 19.4 Å². The van der Waals surface area contributed by atoms with Crippen molar-refractivity contribution >= 4 is 11.8 Å². The van der Waals surface area contributed by atoms with Crippen LogP contribution >= 0.6 is 0 Å². The summed E-state index contributed by atoms with van der Waals surface area (Å²) in [6.45, 7) is 5.90. The Morgan fingerprint density at radius 2 is 1.41 bits per heavy atom. The molecule has 0 radical (unpaired) electrons. The number of Topliss-reactive ketones (excluding diaryl/α,β-unsaturated/α-hetero) is 1. The first kappa shape index (κ1) is 23.3. The fourth-order valence-corrected chi connectivity index (χ4v) is 1.60. The minimum atomic E-state index is -1.12. The summed E-state index contributed by atoms with van der Waals surface area (Å²) in [5.74, 6) is -0.205. The zero-order valence-corrected chi connectivity index (χ0v) is 14.5. The molecule has 5 heteroatoms. The highest BCUT2D eigenvalue weighted by atomic mass is 16.5. The maximum absolute atomic E-state index is 11.1. The molecule has 22 heavy (non-hydrogen) atoms. The van der Waals surface area contributed by atoms with Crippen LogP contribution in [-0.2, 0) is 14.3 Å². The number of ketones is 1. The van der Waals surface area contributed by atoms with Crippen LogP contribution in [0.3, 0.4) is 0 Å². The first-order chi connectivity index (χ1) is 10.4. The van der Waals surface area contributed by atoms with Gasteiger partial charge in [-0.15, -0.1) is 0 Å². The fraction of sp³-hybridized carbons (Fsp3) is 0.882. The van der Waals surface area contributed by atoms with Crippen LogP contribution in [0.25, 0.3) is 0 Å². The molecule has 0 rings (SSSR count). The Balaban J connectivity index is 0. The number of carbonyl (C=O) groups excluding carboxylic acids is 2. The summed E-state index contributed by atoms with van der Waals surface area (Å²) in [5.41, 5.74) is 0. The van der Waals surface area contributed by atoms with E-state index in [1.165, 1.54) is 39.0 Å². The first-order valence-electron chi connectivity index (χ1n) is 8.45. The van der Waals surface area contributed by atoms with Crippen molar-refractivity contribution in [1.82, 2.24) is 0 Å². The van der Waals surface area contributed by atoms with Crippen LogP contribution in [0.15, 0.2) is 0 Å². The molecule has 2 N–H and O–H groups in total. The maximum atomic E-state index is 11.1. The van der Waals surface area contributed by atoms with E-state index in [2.05, 4.69) is 6.92 Å². The molecule has 0 aromatic carbocycles. The molecule has 0 spiro atoms. The van der Waals surface area contributed by atoms with Crippen LogP contribution in [0, 0.1) is 0 Å². The van der Waals surface area contributed by atoms with Gasteiger partial charge in [-0.2, -0.15) is 0 Å². The highest BCUT2D eigenvalue weighted by molar-refractivity contribution is 5.80. The summed E-state index contributed by atoms with van der Waals surface area (Å²) in [6.07, 6.45) is 8.32. The second-order valence-electron chi connectivity index (χ2n) is 5.43. The van der Waals surface area contributed by atoms with E-state index in [9.17, 15) is 9.59 Å². The van der Waals surface area contributed by atoms with Gasteiger partial charge in [0.05, 0.1) is 13.0 Å². The summed E-state index contributed by atoms with van der Waals surface area (Å²) in [7, 11) is 0. The van der Waals surface area contributed by atoms with Crippen molar-refractivity contribution in [3.05, 3.63) is 0 Å². The highest BCUT2D eigenvalue weighted by Gasteiger charge is 2.04. The second-order valence-corrected chi connectivity index (χ2v) is 5.43. The Hall–Kier alpha value is -0.940. The molecule has 0 amide bonds. The number of aliphatic hydroxyl groups excluding tert-OH is 1. The quantitative estimate of drug-likeness (QED) is 0.327. The molecule has 0 aromatic heterocycles. The maximum Gasteiger partial charge on any atom is 0.306 e. The van der Waals surface area contributed by atoms with E-state index in [1.807, 2.05) is 0 Å². The van der Waals surface area contributed by atoms with Crippen LogP contribution in [0.5, 0.6) is 0 Å². The second kappa shape index (κ2) is 18.1. The number of esters is 1. The smallest absolute Gasteiger partial charge is 0.306 e. The minimum Gasteiger partial charge on any atom is -0.466 e. The Morgan fingerprint density at radius 1 is 0.909 bits per heavy atom. The van der Waals surface area contributed by atoms with Crippen LogP contribution in [0.4, 0.5) is 0 Å². The average Bonchev–Trinajstić information content (AvgIpc) is 2.48. The topological polar surface area (TPSA) is 83.8 Å². The molecule has 0 fully saturated rings. The molecule has 5 nitrogen and oxygen atoms in total. The number of aliphatic hydroxyl groups is 2. The van der Waals surface area contributed by atoms with Gasteiger partial charge in [0.15, 0.2) is 6.29 Å². The van der Waals surface area contributed by atoms with E-state index >= 15 is 0 Å². The molecule has 0 bridgehead atoms. The minimum absolute atomic E-state index is 0.0397. The van der Waals surface area contributed by atoms with Crippen LogP contribution in [-0.4, -0.2) is 34.9 Å². The van der Waals surface area contributed by atoms with Gasteiger partial charge >= 0.3 is 5.97 Å². The molecule has 0 aliphatic carbocycles. The van der Waals surface area contributed by atoms with E-state index < -0.39 is 6.29 Å². The van der Waals surface area contributed by atoms with Gasteiger partial charge in [-0.25, -0.2) is 0 Å². The van der Waals surface area contributed by atoms with Gasteiger partial charge in [0.2, 0.25) is 0 Å². The number of hydrogen-bond acceptors (Lipinski definition) is 5. The average molecular weight is 318 g/mol. The van der Waals surface area contributed by atoms with Gasteiger partial charge in [-0.05, 0) is 19.8 Å². The Bertz CT molecular complexity index is 264. The van der Waals surface area contributed by atoms with Crippen molar-refractivity contribution in [2.24, 2.45) is 0 Å². The molecular formula is C17H34O5. The summed E-state index contributed by atoms with van der Waals surface area (Å²) in [6, 6.07) is 0. The van der Waals surface area contributed by atoms with Crippen LogP contribution in [0.1, 0.15) is 85.0 Å². The lowest BCUT2D eigenvalue weighted by atomic mass is 10.1. The number of rotatable bonds is 12. The Kier molecular flexibility index (Phi) is 19.2. The zero-order chi connectivity index (χ0) is 17.2. The molecule has 0 atom stereocenters. The number of ether oxygens (including phenoxy) is 1. The lowest BCUT2D eigenvalue weighted by Gasteiger charge is -2.04. The van der Waals surface area contributed by atoms with Crippen molar-refractivity contribution < 1.29 is 24.5 Å². The molecular weight excluding hydrogens is 284 g/mol. The summed E-state index contributed by atoms with van der Waals surface area (Å²) < 4.78 is 5.03. The van der Waals surface area contributed by atoms with E-state index in [1.54, 1.807) is 6.92 Å². The van der Waals surface area contributed by atoms with Gasteiger partial charge in [-0.3, -0.25) is 4.79 Å². The lowest BCUT2D eigenvalue weighted by molar-refractivity contribution is -0.144. The largest absolute Gasteiger partial charge is 0.466 e. The normalized spacial score (nSPS) is 10.1. The fourth-order valence-electron chi connectivity index (χ4n) is 1.60. The molecule has 132 valence electrons. The number of unbranched alkanes of at least 4 members (excludes halogenated alkanes) is 6. The monoisotopic (exact) mass is 318 g/mol. The third-order valence-corrected chi connectivity index (χ3v) is 3.06. The standard InChI is InChI=1S/C14H26O3.C3H8O2/c1-3-4-5-6-7-8-9-12-17-14(16)11-10-13(2)15;1-2-3(4)5/h3-12H2,1-2H3;3-5H,2H2,1H3. The summed E-state index contributed by atoms with van der Waals surface area (Å²) in [4.78, 5) is 21.8. The number of carbonyl (C=O) groups is 2. The van der Waals surface area contributed by atoms with Gasteiger partial charge in [0.25, 0.3) is 0 Å². The third-order valence-electron chi connectivity index (χ3n) is 3.06. The zero-order valence-electron chi connectivity index (χ0n) is 14.5. The molecule has 0 aliphatic heterocycles. The summed E-state index contributed by atoms with van der Waals surface area (Å²) in [5, 5.41) is 15.8. The molecule has 0 saturated carbocycles. The molecule has 0 aliphatic rings. The van der Waals surface area contributed by atoms with Gasteiger partial charge in [0, 0.05) is 6.42 Å². The van der Waals surface area contributed by atoms with E-state index in [0.717, 1.165) is 12.8 Å². The SMILES string of the molecule is CCC(O)O.CCCCCCCCCOC(=O)CCC(C)=O. The van der Waals surface area contributed by atoms with Crippen LogP contribution in [0.2, 0.25) is 0 Å². The van der Waals surface area contributed by atoms with Crippen LogP contribution < -0.4 is 0 Å². The van der Waals surface area contributed by atoms with Crippen molar-refractivity contribution in [2.45, 2.75) is 91.3 Å². The molecule has 0 saturated heterocycles. The van der Waals surface area contributed by atoms with Crippen molar-refractivity contribution in [1.29, 1.82) is 0 Å². The molecule has 0 unspecified atom stereocenters. The van der Waals surface area contributed by atoms with Gasteiger partial charge < -0.3 is 19.7 Å².